The van der Waals surface area contributed by atoms with Crippen molar-refractivity contribution in [2.45, 2.75) is 158 Å². The van der Waals surface area contributed by atoms with Crippen LogP contribution in [0.25, 0.3) is 0 Å². The van der Waals surface area contributed by atoms with Gasteiger partial charge in [0, 0.05) is 18.9 Å². The number of hydrogen-bond acceptors (Lipinski definition) is 7. The molecule has 4 rings (SSSR count). The molecule has 0 aromatic carbocycles. The Balaban J connectivity index is 1.49. The van der Waals surface area contributed by atoms with E-state index in [2.05, 4.69) is 0 Å². The van der Waals surface area contributed by atoms with Gasteiger partial charge >= 0.3 is 31.1 Å². The molecule has 0 bridgehead atoms. The Morgan fingerprint density at radius 1 is 0.756 bits per heavy atom. The Hall–Kier alpha value is -0.845. The zero-order valence-corrected chi connectivity index (χ0v) is 26.5. The first-order valence-corrected chi connectivity index (χ1v) is 15.0. The van der Waals surface area contributed by atoms with Crippen molar-refractivity contribution < 1.29 is 72.5 Å². The molecule has 1 aliphatic carbocycles. The molecule has 1 saturated carbocycles. The van der Waals surface area contributed by atoms with Gasteiger partial charge in [-0.15, -0.1) is 0 Å². The van der Waals surface area contributed by atoms with Crippen molar-refractivity contribution in [3.63, 3.8) is 0 Å². The van der Waals surface area contributed by atoms with Crippen molar-refractivity contribution in [1.29, 1.82) is 0 Å². The summed E-state index contributed by atoms with van der Waals surface area (Å²) in [6.45, 7) is 13.4. The second kappa shape index (κ2) is 11.6. The number of rotatable bonds is 11. The zero-order chi connectivity index (χ0) is 34.2. The van der Waals surface area contributed by atoms with Crippen molar-refractivity contribution in [1.82, 2.24) is 0 Å². The number of fused-ring (bicyclic) bond motifs is 1. The lowest BCUT2D eigenvalue weighted by Gasteiger charge is -2.35. The van der Waals surface area contributed by atoms with Crippen LogP contribution in [0.4, 0.5) is 39.5 Å². The molecule has 262 valence electrons. The molecular weight excluding hydrogens is 630 g/mol. The van der Waals surface area contributed by atoms with E-state index in [0.717, 1.165) is 0 Å². The molecule has 0 amide bonds. The first-order valence-electron chi connectivity index (χ1n) is 15.0. The Morgan fingerprint density at radius 2 is 1.31 bits per heavy atom. The average molecular weight is 672 g/mol. The van der Waals surface area contributed by atoms with E-state index in [-0.39, 0.29) is 44.2 Å². The highest BCUT2D eigenvalue weighted by Gasteiger charge is 2.81. The normalized spacial score (nSPS) is 33.5. The van der Waals surface area contributed by atoms with Gasteiger partial charge in [0.25, 0.3) is 0 Å². The minimum atomic E-state index is -6.99. The summed E-state index contributed by atoms with van der Waals surface area (Å²) in [4.78, 5) is 0. The lowest BCUT2D eigenvalue weighted by Crippen LogP contribution is -2.61. The van der Waals surface area contributed by atoms with Crippen LogP contribution in [0, 0.1) is 5.92 Å². The monoisotopic (exact) mass is 672 g/mol. The molecule has 3 aliphatic heterocycles. The quantitative estimate of drug-likeness (QED) is 0.131. The van der Waals surface area contributed by atoms with Crippen LogP contribution < -0.4 is 0 Å². The molecule has 0 N–H and O–H groups in total. The molecule has 0 spiro atoms. The van der Waals surface area contributed by atoms with Crippen molar-refractivity contribution in [3.05, 3.63) is 0 Å². The molecule has 0 radical (unpaired) electrons. The SMILES string of the molecule is CC1(C)OC[C@@H]([C@@H]2C[C@H]3OC(C)(C)O[C@H]3[C@@H]2OCCCC(CC(F)(F)C(F)(F)C(F)(F)C(F)(F)F)B2OC(C)(C)C(C)(C)O2)O1. The van der Waals surface area contributed by atoms with Gasteiger partial charge in [0.1, 0.15) is 6.10 Å². The van der Waals surface area contributed by atoms with Crippen molar-refractivity contribution in [2.24, 2.45) is 5.92 Å². The van der Waals surface area contributed by atoms with E-state index in [1.54, 1.807) is 55.4 Å². The first-order chi connectivity index (χ1) is 20.1. The molecule has 0 aromatic heterocycles. The predicted octanol–water partition coefficient (Wildman–Crippen LogP) is 7.16. The van der Waals surface area contributed by atoms with Crippen LogP contribution in [0.2, 0.25) is 5.82 Å². The first kappa shape index (κ1) is 37.0. The molecule has 6 atom stereocenters. The smallest absolute Gasteiger partial charge is 0.403 e. The molecule has 45 heavy (non-hydrogen) atoms. The summed E-state index contributed by atoms with van der Waals surface area (Å²) in [6.07, 6.45) is -10.7. The van der Waals surface area contributed by atoms with Crippen molar-refractivity contribution in [3.8, 4) is 0 Å². The van der Waals surface area contributed by atoms with Gasteiger partial charge in [-0.2, -0.15) is 39.5 Å². The van der Waals surface area contributed by atoms with Gasteiger partial charge in [-0.25, -0.2) is 0 Å². The molecule has 4 fully saturated rings. The maximum Gasteiger partial charge on any atom is 0.461 e. The molecular formula is C28H42BF9O7. The Kier molecular flexibility index (Phi) is 9.57. The third kappa shape index (κ3) is 7.00. The summed E-state index contributed by atoms with van der Waals surface area (Å²) in [7, 11) is -1.60. The highest BCUT2D eigenvalue weighted by molar-refractivity contribution is 6.47. The van der Waals surface area contributed by atoms with Crippen molar-refractivity contribution >= 4 is 7.12 Å². The largest absolute Gasteiger partial charge is 0.461 e. The summed E-state index contributed by atoms with van der Waals surface area (Å²) in [6, 6.07) is 0. The minimum absolute atomic E-state index is 0.0789. The van der Waals surface area contributed by atoms with Crippen LogP contribution in [0.15, 0.2) is 0 Å². The van der Waals surface area contributed by atoms with Crippen LogP contribution >= 0.6 is 0 Å². The Bertz CT molecular complexity index is 1050. The molecule has 3 heterocycles. The van der Waals surface area contributed by atoms with Crippen LogP contribution in [-0.4, -0.2) is 91.5 Å². The van der Waals surface area contributed by atoms with Crippen LogP contribution in [0.5, 0.6) is 0 Å². The number of halogens is 9. The topological polar surface area (TPSA) is 64.6 Å². The average Bonchev–Trinajstić information content (AvgIpc) is 3.52. The highest BCUT2D eigenvalue weighted by Crippen LogP contribution is 2.56. The second-order valence-corrected chi connectivity index (χ2v) is 14.3. The van der Waals surface area contributed by atoms with E-state index in [9.17, 15) is 39.5 Å². The van der Waals surface area contributed by atoms with Crippen molar-refractivity contribution in [2.75, 3.05) is 13.2 Å². The standard InChI is InChI=1S/C28H42BF9O7/c1-21(2)22(3,4)45-29(44-21)15(13-25(30,31)26(32,33)27(34,35)28(36,37)38)10-9-11-39-19-16(18-14-40-23(5,6)42-18)12-17-20(19)43-24(7,8)41-17/h15-20H,9-14H2,1-8H3/t15?,16-,17+,18-,19+,20+/m0/s1. The van der Waals surface area contributed by atoms with Crippen LogP contribution in [-0.2, 0) is 33.0 Å². The van der Waals surface area contributed by atoms with Gasteiger partial charge in [0.05, 0.1) is 36.1 Å². The minimum Gasteiger partial charge on any atom is -0.403 e. The zero-order valence-electron chi connectivity index (χ0n) is 26.5. The van der Waals surface area contributed by atoms with E-state index in [1.807, 2.05) is 0 Å². The molecule has 1 unspecified atom stereocenters. The molecule has 4 aliphatic rings. The summed E-state index contributed by atoms with van der Waals surface area (Å²) in [5.41, 5.74) is -2.26. The number of hydrogen-bond donors (Lipinski definition) is 0. The summed E-state index contributed by atoms with van der Waals surface area (Å²) in [5.74, 6) is -23.2. The maximum atomic E-state index is 14.8. The molecule has 17 heteroatoms. The second-order valence-electron chi connectivity index (χ2n) is 14.3. The Morgan fingerprint density at radius 3 is 1.82 bits per heavy atom. The summed E-state index contributed by atoms with van der Waals surface area (Å²) >= 11 is 0. The van der Waals surface area contributed by atoms with Gasteiger partial charge in [-0.05, 0) is 80.5 Å². The van der Waals surface area contributed by atoms with Gasteiger partial charge in [0.15, 0.2) is 11.6 Å². The van der Waals surface area contributed by atoms with Crippen LogP contribution in [0.1, 0.15) is 81.1 Å². The van der Waals surface area contributed by atoms with Gasteiger partial charge in [-0.1, -0.05) is 0 Å². The summed E-state index contributed by atoms with van der Waals surface area (Å²) < 4.78 is 165. The number of alkyl halides is 9. The summed E-state index contributed by atoms with van der Waals surface area (Å²) in [5, 5.41) is 0. The predicted molar refractivity (Wildman–Crippen MR) is 141 cm³/mol. The van der Waals surface area contributed by atoms with E-state index >= 15 is 0 Å². The Labute approximate surface area is 257 Å². The fourth-order valence-electron chi connectivity index (χ4n) is 6.32. The van der Waals surface area contributed by atoms with E-state index in [4.69, 9.17) is 33.0 Å². The fourth-order valence-corrected chi connectivity index (χ4v) is 6.32. The molecule has 0 aromatic rings. The van der Waals surface area contributed by atoms with Gasteiger partial charge in [-0.3, -0.25) is 0 Å². The van der Waals surface area contributed by atoms with E-state index in [0.29, 0.717) is 6.42 Å². The highest BCUT2D eigenvalue weighted by atomic mass is 19.4. The van der Waals surface area contributed by atoms with E-state index in [1.165, 1.54) is 0 Å². The number of ether oxygens (including phenoxy) is 5. The lowest BCUT2D eigenvalue weighted by molar-refractivity contribution is -0.396. The van der Waals surface area contributed by atoms with Gasteiger partial charge < -0.3 is 33.0 Å². The van der Waals surface area contributed by atoms with Crippen LogP contribution in [0.3, 0.4) is 0 Å². The lowest BCUT2D eigenvalue weighted by atomic mass is 9.66. The van der Waals surface area contributed by atoms with E-state index < -0.39 is 78.3 Å². The third-order valence-electron chi connectivity index (χ3n) is 9.39. The third-order valence-corrected chi connectivity index (χ3v) is 9.39. The maximum absolute atomic E-state index is 14.8. The fraction of sp³-hybridized carbons (Fsp3) is 1.00. The molecule has 3 saturated heterocycles. The molecule has 7 nitrogen and oxygen atoms in total. The van der Waals surface area contributed by atoms with Gasteiger partial charge in [0.2, 0.25) is 0 Å².